The molecular weight excluding hydrogens is 373 g/mol. The Bertz CT molecular complexity index is 759. The van der Waals surface area contributed by atoms with Crippen molar-refractivity contribution in [2.75, 3.05) is 26.2 Å². The third-order valence-corrected chi connectivity index (χ3v) is 5.37. The molecule has 1 aromatic heterocycles. The third-order valence-electron chi connectivity index (χ3n) is 5.37. The number of ketones is 1. The van der Waals surface area contributed by atoms with E-state index in [1.54, 1.807) is 4.90 Å². The first-order chi connectivity index (χ1) is 13.3. The largest absolute Gasteiger partial charge is 0.417 e. The van der Waals surface area contributed by atoms with Gasteiger partial charge in [0.15, 0.2) is 5.78 Å². The molecule has 2 saturated heterocycles. The summed E-state index contributed by atoms with van der Waals surface area (Å²) in [6, 6.07) is 3.78. The Kier molecular flexibility index (Phi) is 5.87. The van der Waals surface area contributed by atoms with Gasteiger partial charge in [-0.05, 0) is 37.8 Å². The van der Waals surface area contributed by atoms with E-state index in [9.17, 15) is 28.0 Å². The average Bonchev–Trinajstić information content (AvgIpc) is 3.22. The number of pyridine rings is 1. The fourth-order valence-corrected chi connectivity index (χ4v) is 3.72. The maximum Gasteiger partial charge on any atom is 0.417 e. The predicted molar refractivity (Wildman–Crippen MR) is 93.1 cm³/mol. The van der Waals surface area contributed by atoms with Crippen LogP contribution in [0.1, 0.15) is 42.9 Å². The van der Waals surface area contributed by atoms with Crippen molar-refractivity contribution in [3.63, 3.8) is 0 Å². The highest BCUT2D eigenvalue weighted by Gasteiger charge is 2.35. The number of nitriles is 1. The second kappa shape index (κ2) is 8.17. The van der Waals surface area contributed by atoms with E-state index in [0.717, 1.165) is 38.1 Å². The number of aromatic nitrogens is 1. The van der Waals surface area contributed by atoms with Gasteiger partial charge in [0, 0.05) is 38.3 Å². The quantitative estimate of drug-likeness (QED) is 0.789. The van der Waals surface area contributed by atoms with Gasteiger partial charge >= 0.3 is 12.2 Å². The second-order valence-electron chi connectivity index (χ2n) is 7.17. The van der Waals surface area contributed by atoms with Gasteiger partial charge in [0.25, 0.3) is 0 Å². The van der Waals surface area contributed by atoms with Crippen LogP contribution < -0.4 is 0 Å². The van der Waals surface area contributed by atoms with Crippen LogP contribution in [0.3, 0.4) is 0 Å². The SMILES string of the molecule is N#CC(C(=O)C1CCN(C(=O)N2CCCC2)CC1)c1ccc(C(F)(F)F)cn1. The van der Waals surface area contributed by atoms with E-state index in [4.69, 9.17) is 0 Å². The van der Waals surface area contributed by atoms with Gasteiger partial charge in [-0.3, -0.25) is 9.78 Å². The zero-order valence-electron chi connectivity index (χ0n) is 15.3. The lowest BCUT2D eigenvalue weighted by atomic mass is 9.84. The van der Waals surface area contributed by atoms with Crippen molar-refractivity contribution in [2.45, 2.75) is 37.8 Å². The Labute approximate surface area is 160 Å². The molecule has 0 bridgehead atoms. The summed E-state index contributed by atoms with van der Waals surface area (Å²) in [4.78, 5) is 32.4. The molecule has 0 aromatic carbocycles. The minimum absolute atomic E-state index is 0.00959. The number of amides is 2. The normalized spacial score (nSPS) is 19.4. The maximum atomic E-state index is 12.7. The summed E-state index contributed by atoms with van der Waals surface area (Å²) < 4.78 is 38.0. The number of urea groups is 1. The van der Waals surface area contributed by atoms with Gasteiger partial charge in [-0.2, -0.15) is 18.4 Å². The Morgan fingerprint density at radius 1 is 1.11 bits per heavy atom. The van der Waals surface area contributed by atoms with Crippen LogP contribution in [0.2, 0.25) is 0 Å². The van der Waals surface area contributed by atoms with Gasteiger partial charge in [0.2, 0.25) is 0 Å². The molecule has 6 nitrogen and oxygen atoms in total. The van der Waals surface area contributed by atoms with Crippen molar-refractivity contribution >= 4 is 11.8 Å². The lowest BCUT2D eigenvalue weighted by Gasteiger charge is -2.34. The molecule has 150 valence electrons. The molecule has 0 radical (unpaired) electrons. The molecule has 2 fully saturated rings. The van der Waals surface area contributed by atoms with Gasteiger partial charge in [-0.15, -0.1) is 0 Å². The minimum atomic E-state index is -4.52. The number of likely N-dealkylation sites (tertiary alicyclic amines) is 2. The summed E-state index contributed by atoms with van der Waals surface area (Å²) in [5.41, 5.74) is -0.898. The number of nitrogens with zero attached hydrogens (tertiary/aromatic N) is 4. The van der Waals surface area contributed by atoms with Gasteiger partial charge < -0.3 is 9.80 Å². The molecule has 2 aliphatic rings. The highest BCUT2D eigenvalue weighted by atomic mass is 19.4. The predicted octanol–water partition coefficient (Wildman–Crippen LogP) is 3.20. The molecule has 0 spiro atoms. The topological polar surface area (TPSA) is 77.3 Å². The van der Waals surface area contributed by atoms with Gasteiger partial charge in [-0.1, -0.05) is 0 Å². The molecular formula is C19H21F3N4O2. The molecule has 2 amide bonds. The second-order valence-corrected chi connectivity index (χ2v) is 7.17. The van der Waals surface area contributed by atoms with Crippen LogP contribution in [-0.4, -0.2) is 52.8 Å². The van der Waals surface area contributed by atoms with E-state index in [1.807, 2.05) is 11.0 Å². The smallest absolute Gasteiger partial charge is 0.325 e. The number of carbonyl (C=O) groups is 2. The summed E-state index contributed by atoms with van der Waals surface area (Å²) >= 11 is 0. The van der Waals surface area contributed by atoms with Crippen molar-refractivity contribution in [3.8, 4) is 6.07 Å². The van der Waals surface area contributed by atoms with Crippen LogP contribution in [0, 0.1) is 17.2 Å². The van der Waals surface area contributed by atoms with Crippen molar-refractivity contribution in [1.82, 2.24) is 14.8 Å². The summed E-state index contributed by atoms with van der Waals surface area (Å²) in [6.45, 7) is 2.39. The van der Waals surface area contributed by atoms with Crippen molar-refractivity contribution in [3.05, 3.63) is 29.6 Å². The molecule has 0 saturated carbocycles. The Morgan fingerprint density at radius 3 is 2.21 bits per heavy atom. The van der Waals surface area contributed by atoms with Crippen LogP contribution >= 0.6 is 0 Å². The monoisotopic (exact) mass is 394 g/mol. The van der Waals surface area contributed by atoms with Crippen LogP contribution in [0.25, 0.3) is 0 Å². The Hall–Kier alpha value is -2.63. The highest BCUT2D eigenvalue weighted by molar-refractivity contribution is 5.90. The fraction of sp³-hybridized carbons (Fsp3) is 0.579. The fourth-order valence-electron chi connectivity index (χ4n) is 3.72. The van der Waals surface area contributed by atoms with E-state index in [0.29, 0.717) is 32.1 Å². The molecule has 0 aliphatic carbocycles. The molecule has 9 heteroatoms. The molecule has 1 aromatic rings. The summed E-state index contributed by atoms with van der Waals surface area (Å²) in [5.74, 6) is -1.95. The van der Waals surface area contributed by atoms with Gasteiger partial charge in [0.1, 0.15) is 5.92 Å². The first kappa shape index (κ1) is 20.1. The standard InChI is InChI=1S/C19H21F3N4O2/c20-19(21,22)14-3-4-16(24-12-14)15(11-23)17(27)13-5-9-26(10-6-13)18(28)25-7-1-2-8-25/h3-4,12-13,15H,1-2,5-10H2. The zero-order chi connectivity index (χ0) is 20.3. The van der Waals surface area contributed by atoms with E-state index >= 15 is 0 Å². The highest BCUT2D eigenvalue weighted by Crippen LogP contribution is 2.31. The number of alkyl halides is 3. The van der Waals surface area contributed by atoms with Crippen molar-refractivity contribution in [1.29, 1.82) is 5.26 Å². The van der Waals surface area contributed by atoms with E-state index in [1.165, 1.54) is 0 Å². The van der Waals surface area contributed by atoms with Crippen LogP contribution in [0.15, 0.2) is 18.3 Å². The summed E-state index contributed by atoms with van der Waals surface area (Å²) in [6.07, 6.45) is -0.986. The van der Waals surface area contributed by atoms with E-state index in [2.05, 4.69) is 4.98 Å². The minimum Gasteiger partial charge on any atom is -0.325 e. The maximum absolute atomic E-state index is 12.7. The third kappa shape index (κ3) is 4.26. The average molecular weight is 394 g/mol. The van der Waals surface area contributed by atoms with Crippen LogP contribution in [0.4, 0.5) is 18.0 Å². The van der Waals surface area contributed by atoms with E-state index in [-0.39, 0.29) is 17.5 Å². The lowest BCUT2D eigenvalue weighted by molar-refractivity contribution is -0.137. The number of hydrogen-bond acceptors (Lipinski definition) is 4. The van der Waals surface area contributed by atoms with E-state index < -0.39 is 23.6 Å². The molecule has 1 unspecified atom stereocenters. The molecule has 2 aliphatic heterocycles. The lowest BCUT2D eigenvalue weighted by Crippen LogP contribution is -2.46. The first-order valence-corrected chi connectivity index (χ1v) is 9.31. The summed E-state index contributed by atoms with van der Waals surface area (Å²) in [7, 11) is 0. The number of piperidine rings is 1. The Balaban J connectivity index is 1.61. The van der Waals surface area contributed by atoms with Gasteiger partial charge in [0.05, 0.1) is 17.3 Å². The number of halogens is 3. The first-order valence-electron chi connectivity index (χ1n) is 9.31. The zero-order valence-corrected chi connectivity index (χ0v) is 15.3. The number of Topliss-reactive ketones (excluding diaryl/α,β-unsaturated/α-hetero) is 1. The van der Waals surface area contributed by atoms with Crippen LogP contribution in [-0.2, 0) is 11.0 Å². The van der Waals surface area contributed by atoms with Crippen molar-refractivity contribution in [2.24, 2.45) is 5.92 Å². The molecule has 0 N–H and O–H groups in total. The molecule has 28 heavy (non-hydrogen) atoms. The van der Waals surface area contributed by atoms with Crippen LogP contribution in [0.5, 0.6) is 0 Å². The molecule has 3 heterocycles. The van der Waals surface area contributed by atoms with Crippen molar-refractivity contribution < 1.29 is 22.8 Å². The number of rotatable bonds is 3. The Morgan fingerprint density at radius 2 is 1.71 bits per heavy atom. The summed E-state index contributed by atoms with van der Waals surface area (Å²) in [5, 5.41) is 9.39. The number of hydrogen-bond donors (Lipinski definition) is 0. The number of carbonyl (C=O) groups excluding carboxylic acids is 2. The molecule has 1 atom stereocenters. The molecule has 3 rings (SSSR count). The van der Waals surface area contributed by atoms with Gasteiger partial charge in [-0.25, -0.2) is 4.79 Å².